The Labute approximate surface area is 108 Å². The van der Waals surface area contributed by atoms with Gasteiger partial charge in [-0.2, -0.15) is 0 Å². The van der Waals surface area contributed by atoms with E-state index in [1.54, 1.807) is 0 Å². The molecule has 0 saturated heterocycles. The van der Waals surface area contributed by atoms with Crippen LogP contribution in [0.25, 0.3) is 0 Å². The summed E-state index contributed by atoms with van der Waals surface area (Å²) in [7, 11) is 0. The maximum Gasteiger partial charge on any atom is 0.0450 e. The van der Waals surface area contributed by atoms with Gasteiger partial charge in [-0.15, -0.1) is 0 Å². The van der Waals surface area contributed by atoms with Crippen molar-refractivity contribution in [1.82, 2.24) is 0 Å². The minimum atomic E-state index is 0.439. The van der Waals surface area contributed by atoms with Crippen molar-refractivity contribution >= 4 is 63.7 Å². The van der Waals surface area contributed by atoms with Crippen LogP contribution in [0.4, 0.5) is 0 Å². The van der Waals surface area contributed by atoms with Gasteiger partial charge in [0.25, 0.3) is 0 Å². The minimum Gasteiger partial charge on any atom is -0.0928 e. The van der Waals surface area contributed by atoms with Crippen LogP contribution in [0.5, 0.6) is 0 Å². The van der Waals surface area contributed by atoms with Crippen LogP contribution in [0, 0.1) is 0 Å². The first-order chi connectivity index (χ1) is 5.72. The van der Waals surface area contributed by atoms with Gasteiger partial charge in [0.05, 0.1) is 0 Å². The van der Waals surface area contributed by atoms with Crippen molar-refractivity contribution in [1.29, 1.82) is 0 Å². The smallest absolute Gasteiger partial charge is 0.0450 e. The number of hydrogen-bond acceptors (Lipinski definition) is 0. The Morgan fingerprint density at radius 2 is 1.83 bits per heavy atom. The number of hydrogen-bond donors (Lipinski definition) is 0. The Kier molecular flexibility index (Phi) is 10.5. The molecule has 0 aliphatic heterocycles. The summed E-state index contributed by atoms with van der Waals surface area (Å²) in [6, 6.07) is 0. The van der Waals surface area contributed by atoms with Crippen molar-refractivity contribution in [3.05, 3.63) is 12.2 Å². The van der Waals surface area contributed by atoms with E-state index < -0.39 is 0 Å². The highest BCUT2D eigenvalue weighted by atomic mass is 79.9. The Morgan fingerprint density at radius 3 is 2.33 bits per heavy atom. The first-order valence-electron chi connectivity index (χ1n) is 3.79. The molecule has 0 saturated carbocycles. The monoisotopic (exact) mass is 424 g/mol. The maximum absolute atomic E-state index is 3.64. The van der Waals surface area contributed by atoms with Crippen LogP contribution in [0.3, 0.4) is 0 Å². The van der Waals surface area contributed by atoms with E-state index in [1.807, 2.05) is 0 Å². The van der Waals surface area contributed by atoms with Gasteiger partial charge in [0.1, 0.15) is 0 Å². The third-order valence-corrected chi connectivity index (χ3v) is 4.98. The molecule has 0 nitrogen and oxygen atoms in total. The molecule has 0 aliphatic rings. The average molecular weight is 428 g/mol. The van der Waals surface area contributed by atoms with Crippen LogP contribution in [0.1, 0.15) is 12.8 Å². The molecule has 0 N–H and O–H groups in total. The van der Waals surface area contributed by atoms with Gasteiger partial charge in [0.2, 0.25) is 0 Å². The summed E-state index contributed by atoms with van der Waals surface area (Å²) in [5.74, 6) is 0. The van der Waals surface area contributed by atoms with Crippen molar-refractivity contribution in [3.63, 3.8) is 0 Å². The molecule has 12 heavy (non-hydrogen) atoms. The lowest BCUT2D eigenvalue weighted by molar-refractivity contribution is 0.778. The number of alkyl halides is 4. The summed E-state index contributed by atoms with van der Waals surface area (Å²) >= 11 is 14.0. The summed E-state index contributed by atoms with van der Waals surface area (Å²) < 4.78 is 0. The normalized spacial score (nSPS) is 16.7. The van der Waals surface area contributed by atoms with Gasteiger partial charge in [-0.1, -0.05) is 75.9 Å². The Balaban J connectivity index is 3.60. The molecule has 0 heterocycles. The van der Waals surface area contributed by atoms with Gasteiger partial charge in [-0.3, -0.25) is 0 Å². The van der Waals surface area contributed by atoms with Crippen molar-refractivity contribution in [2.24, 2.45) is 0 Å². The lowest BCUT2D eigenvalue weighted by atomic mass is 10.2. The van der Waals surface area contributed by atoms with Crippen molar-refractivity contribution in [2.45, 2.75) is 22.5 Å². The fourth-order valence-corrected chi connectivity index (χ4v) is 2.25. The third kappa shape index (κ3) is 7.10. The van der Waals surface area contributed by atoms with Gasteiger partial charge in [-0.25, -0.2) is 0 Å². The predicted molar refractivity (Wildman–Crippen MR) is 71.4 cm³/mol. The highest BCUT2D eigenvalue weighted by Crippen LogP contribution is 2.20. The maximum atomic E-state index is 3.64. The molecule has 2 atom stereocenters. The quantitative estimate of drug-likeness (QED) is 0.428. The van der Waals surface area contributed by atoms with E-state index in [9.17, 15) is 0 Å². The van der Waals surface area contributed by atoms with Gasteiger partial charge >= 0.3 is 0 Å². The van der Waals surface area contributed by atoms with Crippen molar-refractivity contribution < 1.29 is 0 Å². The van der Waals surface area contributed by atoms with Crippen LogP contribution < -0.4 is 0 Å². The van der Waals surface area contributed by atoms with E-state index >= 15 is 0 Å². The molecule has 2 unspecified atom stereocenters. The highest BCUT2D eigenvalue weighted by molar-refractivity contribution is 9.12. The molecule has 0 bridgehead atoms. The molecule has 0 fully saturated rings. The first-order valence-corrected chi connectivity index (χ1v) is 7.86. The summed E-state index contributed by atoms with van der Waals surface area (Å²) in [6.07, 6.45) is 6.68. The largest absolute Gasteiger partial charge is 0.0928 e. The second-order valence-electron chi connectivity index (χ2n) is 2.37. The van der Waals surface area contributed by atoms with E-state index in [-0.39, 0.29) is 0 Å². The standard InChI is InChI=1S/C8H12Br4/c9-5-1-3-7(11)8(12)4-2-6-10/h1,3,7-8H,2,4-6H2. The topological polar surface area (TPSA) is 0 Å². The highest BCUT2D eigenvalue weighted by Gasteiger charge is 2.11. The van der Waals surface area contributed by atoms with E-state index in [0.29, 0.717) is 9.65 Å². The number of rotatable bonds is 6. The summed E-state index contributed by atoms with van der Waals surface area (Å²) in [4.78, 5) is 0.972. The van der Waals surface area contributed by atoms with Gasteiger partial charge in [-0.05, 0) is 12.8 Å². The lowest BCUT2D eigenvalue weighted by Gasteiger charge is -2.11. The number of allylic oxidation sites excluding steroid dienone is 2. The molecule has 0 amide bonds. The summed E-state index contributed by atoms with van der Waals surface area (Å²) in [6.45, 7) is 0. The average Bonchev–Trinajstić information content (AvgIpc) is 2.10. The molecular formula is C8H12Br4. The molecular weight excluding hydrogens is 416 g/mol. The molecule has 0 aromatic heterocycles. The molecule has 72 valence electrons. The summed E-state index contributed by atoms with van der Waals surface area (Å²) in [5, 5.41) is 2.00. The molecule has 0 aromatic rings. The molecule has 0 aliphatic carbocycles. The van der Waals surface area contributed by atoms with Crippen molar-refractivity contribution in [3.8, 4) is 0 Å². The van der Waals surface area contributed by atoms with Crippen LogP contribution >= 0.6 is 63.7 Å². The van der Waals surface area contributed by atoms with E-state index in [2.05, 4.69) is 75.9 Å². The molecule has 0 aromatic carbocycles. The molecule has 0 spiro atoms. The zero-order valence-electron chi connectivity index (χ0n) is 6.65. The third-order valence-electron chi connectivity index (χ3n) is 1.37. The molecule has 0 rings (SSSR count). The fourth-order valence-electron chi connectivity index (χ4n) is 0.733. The van der Waals surface area contributed by atoms with Crippen molar-refractivity contribution in [2.75, 3.05) is 10.7 Å². The van der Waals surface area contributed by atoms with E-state index in [4.69, 9.17) is 0 Å². The van der Waals surface area contributed by atoms with Crippen LogP contribution in [-0.4, -0.2) is 20.3 Å². The lowest BCUT2D eigenvalue weighted by Crippen LogP contribution is -2.11. The zero-order valence-corrected chi connectivity index (χ0v) is 13.0. The predicted octanol–water partition coefficient (Wildman–Crippen LogP) is 4.64. The summed E-state index contributed by atoms with van der Waals surface area (Å²) in [5.41, 5.74) is 0. The second kappa shape index (κ2) is 9.22. The SMILES string of the molecule is BrCC=CC(Br)C(Br)CCCBr. The number of halogens is 4. The fraction of sp³-hybridized carbons (Fsp3) is 0.750. The Hall–Kier alpha value is 1.66. The first kappa shape index (κ1) is 13.7. The van der Waals surface area contributed by atoms with Gasteiger partial charge in [0, 0.05) is 20.3 Å². The van der Waals surface area contributed by atoms with E-state index in [0.717, 1.165) is 10.7 Å². The molecule has 0 radical (unpaired) electrons. The zero-order chi connectivity index (χ0) is 9.40. The van der Waals surface area contributed by atoms with Crippen LogP contribution in [0.15, 0.2) is 12.2 Å². The van der Waals surface area contributed by atoms with E-state index in [1.165, 1.54) is 12.8 Å². The van der Waals surface area contributed by atoms with Gasteiger partial charge < -0.3 is 0 Å². The van der Waals surface area contributed by atoms with Crippen LogP contribution in [-0.2, 0) is 0 Å². The minimum absolute atomic E-state index is 0.439. The van der Waals surface area contributed by atoms with Crippen LogP contribution in [0.2, 0.25) is 0 Å². The van der Waals surface area contributed by atoms with Gasteiger partial charge in [0.15, 0.2) is 0 Å². The Morgan fingerprint density at radius 1 is 1.17 bits per heavy atom. The second-order valence-corrected chi connectivity index (χ2v) is 6.05. The Bertz CT molecular complexity index is 124. The molecule has 4 heteroatoms.